The molecule has 0 aromatic carbocycles. The summed E-state index contributed by atoms with van der Waals surface area (Å²) in [6, 6.07) is 0. The van der Waals surface area contributed by atoms with Crippen LogP contribution in [0.2, 0.25) is 0 Å². The minimum atomic E-state index is -4.85. The van der Waals surface area contributed by atoms with Crippen LogP contribution in [0.1, 0.15) is 163 Å². The maximum Gasteiger partial charge on any atom is 0.472 e. The average Bonchev–Trinajstić information content (AvgIpc) is 3.05. The van der Waals surface area contributed by atoms with Crippen molar-refractivity contribution in [3.63, 3.8) is 0 Å². The second kappa shape index (κ2) is 30.6. The Morgan fingerprint density at radius 2 is 1.02 bits per heavy atom. The molecule has 0 heterocycles. The summed E-state index contributed by atoms with van der Waals surface area (Å²) in [7, 11) is -9.64. The molecule has 0 aromatic heterocycles. The minimum Gasteiger partial charge on any atom is -0.462 e. The molecule has 0 radical (unpaired) electrons. The molecule has 0 aliphatic heterocycles. The molecule has 15 heteroatoms. The van der Waals surface area contributed by atoms with Crippen LogP contribution in [0.15, 0.2) is 0 Å². The van der Waals surface area contributed by atoms with Gasteiger partial charge in [-0.15, -0.1) is 0 Å². The Hall–Kier alpha value is -0.880. The molecule has 13 nitrogen and oxygen atoms in total. The SMILES string of the molecule is CCC(C)CCCCCCCCCCC(=O)O[C@H](COC(=O)CCCCCCCCCCC(C)C)COP(=O)(O)OC[C@@H](O)COP(=O)(O)O. The van der Waals surface area contributed by atoms with E-state index in [1.54, 1.807) is 0 Å². The number of carbonyl (C=O) groups excluding carboxylic acids is 2. The molecular weight excluding hydrogens is 690 g/mol. The highest BCUT2D eigenvalue weighted by Gasteiger charge is 2.28. The molecule has 0 aliphatic carbocycles. The molecule has 0 fully saturated rings. The summed E-state index contributed by atoms with van der Waals surface area (Å²) in [5.74, 6) is 0.507. The predicted octanol–water partition coefficient (Wildman–Crippen LogP) is 8.55. The van der Waals surface area contributed by atoms with E-state index in [1.807, 2.05) is 0 Å². The Kier molecular flexibility index (Phi) is 30.0. The van der Waals surface area contributed by atoms with Crippen LogP contribution in [-0.2, 0) is 41.8 Å². The summed E-state index contributed by atoms with van der Waals surface area (Å²) in [4.78, 5) is 52.4. The fourth-order valence-electron chi connectivity index (χ4n) is 5.15. The first-order valence-electron chi connectivity index (χ1n) is 19.0. The van der Waals surface area contributed by atoms with Gasteiger partial charge in [0.1, 0.15) is 12.7 Å². The number of aliphatic hydroxyl groups is 1. The monoisotopic (exact) mass is 760 g/mol. The lowest BCUT2D eigenvalue weighted by molar-refractivity contribution is -0.161. The maximum atomic E-state index is 12.6. The van der Waals surface area contributed by atoms with E-state index in [2.05, 4.69) is 36.7 Å². The standard InChI is InChI=1S/C35H70O13P2/c1-5-31(4)23-19-15-11-7-9-13-17-21-25-35(38)48-33(29-47-50(42,43)46-27-32(36)26-45-49(39,40)41)28-44-34(37)24-20-16-12-8-6-10-14-18-22-30(2)3/h30-33,36H,5-29H2,1-4H3,(H,42,43)(H2,39,40,41)/t31?,32-,33+/m0/s1. The molecule has 0 aliphatic rings. The van der Waals surface area contributed by atoms with E-state index in [1.165, 1.54) is 70.6 Å². The van der Waals surface area contributed by atoms with Crippen molar-refractivity contribution in [1.29, 1.82) is 0 Å². The van der Waals surface area contributed by atoms with Gasteiger partial charge in [-0.2, -0.15) is 0 Å². The van der Waals surface area contributed by atoms with Crippen molar-refractivity contribution in [3.05, 3.63) is 0 Å². The summed E-state index contributed by atoms with van der Waals surface area (Å²) < 4.78 is 47.5. The van der Waals surface area contributed by atoms with Crippen LogP contribution in [0, 0.1) is 11.8 Å². The van der Waals surface area contributed by atoms with Crippen LogP contribution in [0.5, 0.6) is 0 Å². The number of aliphatic hydroxyl groups excluding tert-OH is 1. The molecular formula is C35H70O13P2. The molecule has 0 saturated carbocycles. The molecule has 298 valence electrons. The van der Waals surface area contributed by atoms with E-state index >= 15 is 0 Å². The van der Waals surface area contributed by atoms with Crippen molar-refractivity contribution >= 4 is 27.6 Å². The number of esters is 2. The Morgan fingerprint density at radius 3 is 1.52 bits per heavy atom. The maximum absolute atomic E-state index is 12.6. The predicted molar refractivity (Wildman–Crippen MR) is 193 cm³/mol. The normalized spacial score (nSPS) is 15.1. The summed E-state index contributed by atoms with van der Waals surface area (Å²) >= 11 is 0. The minimum absolute atomic E-state index is 0.135. The van der Waals surface area contributed by atoms with Crippen molar-refractivity contribution in [2.75, 3.05) is 26.4 Å². The van der Waals surface area contributed by atoms with Gasteiger partial charge in [0.05, 0.1) is 19.8 Å². The zero-order valence-electron chi connectivity index (χ0n) is 31.3. The summed E-state index contributed by atoms with van der Waals surface area (Å²) in [6.07, 6.45) is 18.5. The summed E-state index contributed by atoms with van der Waals surface area (Å²) in [5.41, 5.74) is 0. The van der Waals surface area contributed by atoms with E-state index in [4.69, 9.17) is 23.8 Å². The van der Waals surface area contributed by atoms with Crippen LogP contribution in [0.3, 0.4) is 0 Å². The van der Waals surface area contributed by atoms with E-state index in [0.29, 0.717) is 12.8 Å². The topological polar surface area (TPSA) is 195 Å². The Balaban J connectivity index is 4.60. The number of unbranched alkanes of at least 4 members (excludes halogenated alkanes) is 14. The molecule has 0 bridgehead atoms. The first-order chi connectivity index (χ1) is 23.6. The first kappa shape index (κ1) is 49.1. The second-order valence-electron chi connectivity index (χ2n) is 13.9. The summed E-state index contributed by atoms with van der Waals surface area (Å²) in [5, 5.41) is 9.70. The van der Waals surface area contributed by atoms with Crippen LogP contribution in [-0.4, -0.2) is 70.4 Å². The third-order valence-electron chi connectivity index (χ3n) is 8.45. The number of rotatable bonds is 35. The number of hydrogen-bond acceptors (Lipinski definition) is 10. The quantitative estimate of drug-likeness (QED) is 0.0273. The van der Waals surface area contributed by atoms with E-state index in [9.17, 15) is 28.7 Å². The largest absolute Gasteiger partial charge is 0.472 e. The average molecular weight is 761 g/mol. The smallest absolute Gasteiger partial charge is 0.462 e. The molecule has 0 aromatic rings. The molecule has 4 atom stereocenters. The molecule has 0 spiro atoms. The highest BCUT2D eigenvalue weighted by molar-refractivity contribution is 7.47. The fraction of sp³-hybridized carbons (Fsp3) is 0.943. The first-order valence-corrected chi connectivity index (χ1v) is 22.0. The lowest BCUT2D eigenvalue weighted by atomic mass is 9.99. The number of hydrogen-bond donors (Lipinski definition) is 4. The van der Waals surface area contributed by atoms with Crippen LogP contribution in [0.25, 0.3) is 0 Å². The van der Waals surface area contributed by atoms with Gasteiger partial charge in [0.15, 0.2) is 6.10 Å². The summed E-state index contributed by atoms with van der Waals surface area (Å²) in [6.45, 7) is 6.31. The molecule has 50 heavy (non-hydrogen) atoms. The number of phosphoric acid groups is 2. The van der Waals surface area contributed by atoms with Crippen molar-refractivity contribution in [3.8, 4) is 0 Å². The zero-order valence-corrected chi connectivity index (χ0v) is 33.1. The number of ether oxygens (including phenoxy) is 2. The molecule has 0 amide bonds. The molecule has 2 unspecified atom stereocenters. The number of carbonyl (C=O) groups is 2. The van der Waals surface area contributed by atoms with Gasteiger partial charge in [0.2, 0.25) is 0 Å². The molecule has 4 N–H and O–H groups in total. The van der Waals surface area contributed by atoms with Gasteiger partial charge in [0, 0.05) is 12.8 Å². The van der Waals surface area contributed by atoms with Crippen LogP contribution >= 0.6 is 15.6 Å². The van der Waals surface area contributed by atoms with E-state index in [-0.39, 0.29) is 19.4 Å². The lowest BCUT2D eigenvalue weighted by Gasteiger charge is -2.20. The van der Waals surface area contributed by atoms with Gasteiger partial charge in [0.25, 0.3) is 0 Å². The van der Waals surface area contributed by atoms with Gasteiger partial charge in [-0.1, -0.05) is 137 Å². The Morgan fingerprint density at radius 1 is 0.580 bits per heavy atom. The Labute approximate surface area is 301 Å². The molecule has 0 rings (SSSR count). The van der Waals surface area contributed by atoms with E-state index in [0.717, 1.165) is 50.4 Å². The van der Waals surface area contributed by atoms with Crippen molar-refractivity contribution in [1.82, 2.24) is 0 Å². The second-order valence-corrected chi connectivity index (χ2v) is 16.6. The Bertz CT molecular complexity index is 944. The van der Waals surface area contributed by atoms with Crippen molar-refractivity contribution in [2.45, 2.75) is 175 Å². The van der Waals surface area contributed by atoms with Gasteiger partial charge in [-0.3, -0.25) is 23.2 Å². The van der Waals surface area contributed by atoms with Crippen molar-refractivity contribution in [2.24, 2.45) is 11.8 Å². The molecule has 0 saturated heterocycles. The fourth-order valence-corrected chi connectivity index (χ4v) is 6.31. The number of phosphoric ester groups is 2. The van der Waals surface area contributed by atoms with Gasteiger partial charge in [-0.25, -0.2) is 9.13 Å². The highest BCUT2D eigenvalue weighted by atomic mass is 31.2. The third-order valence-corrected chi connectivity index (χ3v) is 9.89. The third kappa shape index (κ3) is 34.2. The van der Waals surface area contributed by atoms with Crippen molar-refractivity contribution < 1.29 is 61.6 Å². The lowest BCUT2D eigenvalue weighted by Crippen LogP contribution is -2.30. The van der Waals surface area contributed by atoms with E-state index < -0.39 is 59.6 Å². The van der Waals surface area contributed by atoms with Crippen LogP contribution in [0.4, 0.5) is 0 Å². The highest BCUT2D eigenvalue weighted by Crippen LogP contribution is 2.43. The van der Waals surface area contributed by atoms with Gasteiger partial charge < -0.3 is 29.3 Å². The van der Waals surface area contributed by atoms with Gasteiger partial charge >= 0.3 is 27.6 Å². The van der Waals surface area contributed by atoms with Crippen LogP contribution < -0.4 is 0 Å². The zero-order chi connectivity index (χ0) is 37.7. The van der Waals surface area contributed by atoms with Gasteiger partial charge in [-0.05, 0) is 24.7 Å².